The van der Waals surface area contributed by atoms with E-state index < -0.39 is 0 Å². The number of aliphatic hydroxyl groups is 1. The molecule has 0 amide bonds. The Hall–Kier alpha value is -3.66. The molecule has 10 heteroatoms. The molecule has 2 aromatic heterocycles. The maximum atomic E-state index is 8.99. The second-order valence-electron chi connectivity index (χ2n) is 7.39. The molecule has 176 valence electrons. The van der Waals surface area contributed by atoms with Gasteiger partial charge in [0.15, 0.2) is 5.82 Å². The molecule has 2 heterocycles. The number of anilines is 2. The van der Waals surface area contributed by atoms with Crippen molar-refractivity contribution in [3.63, 3.8) is 0 Å². The number of aliphatic hydroxyl groups excluding tert-OH is 1. The van der Waals surface area contributed by atoms with Crippen LogP contribution in [0.5, 0.6) is 11.5 Å². The number of fused-ring (bicyclic) bond motifs is 1. The Morgan fingerprint density at radius 3 is 2.82 bits per heavy atom. The van der Waals surface area contributed by atoms with Crippen LogP contribution >= 0.6 is 11.6 Å². The molecule has 0 bridgehead atoms. The highest BCUT2D eigenvalue weighted by atomic mass is 35.5. The number of nitrogens with zero attached hydrogens (tertiary/aromatic N) is 4. The van der Waals surface area contributed by atoms with Crippen LogP contribution in [0.25, 0.3) is 11.0 Å². The number of benzene rings is 2. The Labute approximate surface area is 201 Å². The van der Waals surface area contributed by atoms with Gasteiger partial charge in [0.25, 0.3) is 0 Å². The molecule has 4 aromatic rings. The highest BCUT2D eigenvalue weighted by Crippen LogP contribution is 2.33. The van der Waals surface area contributed by atoms with Crippen LogP contribution in [0.2, 0.25) is 5.02 Å². The zero-order valence-electron chi connectivity index (χ0n) is 18.5. The van der Waals surface area contributed by atoms with Gasteiger partial charge in [-0.1, -0.05) is 28.9 Å². The smallest absolute Gasteiger partial charge is 0.158 e. The van der Waals surface area contributed by atoms with Crippen LogP contribution in [0.4, 0.5) is 11.5 Å². The van der Waals surface area contributed by atoms with Crippen molar-refractivity contribution in [1.82, 2.24) is 14.5 Å². The van der Waals surface area contributed by atoms with Crippen molar-refractivity contribution in [2.24, 2.45) is 5.16 Å². The molecule has 0 aliphatic rings. The predicted octanol–water partition coefficient (Wildman–Crippen LogP) is 4.83. The zero-order chi connectivity index (χ0) is 23.9. The number of hydrogen-bond acceptors (Lipinski definition) is 8. The van der Waals surface area contributed by atoms with Crippen molar-refractivity contribution in [1.29, 1.82) is 0 Å². The van der Waals surface area contributed by atoms with Crippen LogP contribution in [0.3, 0.4) is 0 Å². The first-order valence-electron chi connectivity index (χ1n) is 10.6. The van der Waals surface area contributed by atoms with Crippen LogP contribution in [-0.2, 0) is 11.3 Å². The van der Waals surface area contributed by atoms with E-state index >= 15 is 0 Å². The van der Waals surface area contributed by atoms with Crippen molar-refractivity contribution >= 4 is 39.9 Å². The number of aromatic nitrogens is 3. The van der Waals surface area contributed by atoms with Gasteiger partial charge in [0.05, 0.1) is 36.1 Å². The van der Waals surface area contributed by atoms with E-state index in [1.165, 1.54) is 6.33 Å². The van der Waals surface area contributed by atoms with E-state index in [0.29, 0.717) is 47.8 Å². The average Bonchev–Trinajstić information content (AvgIpc) is 3.27. The Bertz CT molecular complexity index is 1310. The second-order valence-corrected chi connectivity index (χ2v) is 7.79. The summed E-state index contributed by atoms with van der Waals surface area (Å²) in [6.07, 6.45) is 3.43. The van der Waals surface area contributed by atoms with E-state index in [2.05, 4.69) is 20.4 Å². The molecule has 0 spiro atoms. The summed E-state index contributed by atoms with van der Waals surface area (Å²) >= 11 is 6.50. The minimum Gasteiger partial charge on any atom is -0.456 e. The van der Waals surface area contributed by atoms with Crippen LogP contribution in [-0.4, -0.2) is 50.4 Å². The maximum absolute atomic E-state index is 8.99. The third-order valence-electron chi connectivity index (χ3n) is 5.09. The number of rotatable bonds is 10. The highest BCUT2D eigenvalue weighted by Gasteiger charge is 2.12. The van der Waals surface area contributed by atoms with E-state index in [-0.39, 0.29) is 6.61 Å². The summed E-state index contributed by atoms with van der Waals surface area (Å²) in [5.41, 5.74) is 3.60. The fourth-order valence-corrected chi connectivity index (χ4v) is 3.63. The third-order valence-corrected chi connectivity index (χ3v) is 5.38. The van der Waals surface area contributed by atoms with Gasteiger partial charge < -0.3 is 29.7 Å². The van der Waals surface area contributed by atoms with Crippen LogP contribution in [0.1, 0.15) is 12.5 Å². The molecule has 3 N–H and O–H groups in total. The fourth-order valence-electron chi connectivity index (χ4n) is 3.41. The molecule has 0 saturated carbocycles. The predicted molar refractivity (Wildman–Crippen MR) is 131 cm³/mol. The Balaban J connectivity index is 1.52. The molecular formula is C24H24ClN5O4. The molecule has 0 atom stereocenters. The molecule has 0 aliphatic heterocycles. The molecule has 4 rings (SSSR count). The summed E-state index contributed by atoms with van der Waals surface area (Å²) in [6, 6.07) is 14.5. The maximum Gasteiger partial charge on any atom is 0.158 e. The summed E-state index contributed by atoms with van der Waals surface area (Å²) in [6.45, 7) is 3.05. The molecule has 0 fully saturated rings. The van der Waals surface area contributed by atoms with Gasteiger partial charge in [0.2, 0.25) is 0 Å². The van der Waals surface area contributed by atoms with E-state index in [1.54, 1.807) is 31.2 Å². The molecule has 0 radical (unpaired) electrons. The monoisotopic (exact) mass is 481 g/mol. The molecule has 0 aliphatic carbocycles. The number of ether oxygens (including phenoxy) is 2. The first-order valence-corrected chi connectivity index (χ1v) is 11.0. The van der Waals surface area contributed by atoms with Gasteiger partial charge in [0.1, 0.15) is 23.3 Å². The normalized spacial score (nSPS) is 11.7. The van der Waals surface area contributed by atoms with Gasteiger partial charge in [-0.25, -0.2) is 9.97 Å². The van der Waals surface area contributed by atoms with Gasteiger partial charge in [-0.3, -0.25) is 0 Å². The zero-order valence-corrected chi connectivity index (χ0v) is 19.2. The van der Waals surface area contributed by atoms with E-state index in [9.17, 15) is 0 Å². The number of halogens is 1. The Morgan fingerprint density at radius 2 is 2.03 bits per heavy atom. The van der Waals surface area contributed by atoms with Gasteiger partial charge in [-0.15, -0.1) is 0 Å². The summed E-state index contributed by atoms with van der Waals surface area (Å²) in [7, 11) is 0. The first kappa shape index (κ1) is 23.5. The van der Waals surface area contributed by atoms with E-state index in [4.69, 9.17) is 31.4 Å². The fraction of sp³-hybridized carbons (Fsp3) is 0.208. The standard InChI is InChI=1S/C24H24ClN5O4/c1-16(29-32)17-3-2-4-19(13-17)34-22-6-5-18(14-20(22)25)28-24-23-21(26-15-27-24)7-8-30(23)9-11-33-12-10-31/h2-8,13-15,31-32H,9-12H2,1H3,(H,26,27,28)/b29-16-. The highest BCUT2D eigenvalue weighted by molar-refractivity contribution is 6.32. The van der Waals surface area contributed by atoms with Gasteiger partial charge in [-0.05, 0) is 43.3 Å². The van der Waals surface area contributed by atoms with Crippen molar-refractivity contribution in [3.05, 3.63) is 71.6 Å². The van der Waals surface area contributed by atoms with Crippen molar-refractivity contribution in [2.75, 3.05) is 25.1 Å². The van der Waals surface area contributed by atoms with Gasteiger partial charge in [-0.2, -0.15) is 0 Å². The minimum absolute atomic E-state index is 0.00912. The van der Waals surface area contributed by atoms with Crippen LogP contribution in [0, 0.1) is 0 Å². The molecule has 0 unspecified atom stereocenters. The Kier molecular flexibility index (Phi) is 7.58. The molecular weight excluding hydrogens is 458 g/mol. The molecule has 0 saturated heterocycles. The van der Waals surface area contributed by atoms with Crippen molar-refractivity contribution in [2.45, 2.75) is 13.5 Å². The van der Waals surface area contributed by atoms with Gasteiger partial charge in [0, 0.05) is 24.0 Å². The number of nitrogens with one attached hydrogen (secondary N) is 1. The van der Waals surface area contributed by atoms with E-state index in [1.807, 2.05) is 35.0 Å². The van der Waals surface area contributed by atoms with Crippen molar-refractivity contribution in [3.8, 4) is 11.5 Å². The number of hydrogen-bond donors (Lipinski definition) is 3. The summed E-state index contributed by atoms with van der Waals surface area (Å²) in [5, 5.41) is 24.8. The molecule has 9 nitrogen and oxygen atoms in total. The molecule has 2 aromatic carbocycles. The van der Waals surface area contributed by atoms with Gasteiger partial charge >= 0.3 is 0 Å². The lowest BCUT2D eigenvalue weighted by atomic mass is 10.1. The summed E-state index contributed by atoms with van der Waals surface area (Å²) < 4.78 is 13.3. The lowest BCUT2D eigenvalue weighted by molar-refractivity contribution is 0.0875. The van der Waals surface area contributed by atoms with Crippen LogP contribution in [0.15, 0.2) is 66.2 Å². The van der Waals surface area contributed by atoms with Crippen molar-refractivity contribution < 1.29 is 19.8 Å². The lowest BCUT2D eigenvalue weighted by Gasteiger charge is -2.13. The lowest BCUT2D eigenvalue weighted by Crippen LogP contribution is -2.09. The van der Waals surface area contributed by atoms with E-state index in [0.717, 1.165) is 22.3 Å². The summed E-state index contributed by atoms with van der Waals surface area (Å²) in [5.74, 6) is 1.69. The molecule has 34 heavy (non-hydrogen) atoms. The quantitative estimate of drug-likeness (QED) is 0.129. The summed E-state index contributed by atoms with van der Waals surface area (Å²) in [4.78, 5) is 8.73. The average molecular weight is 482 g/mol. The topological polar surface area (TPSA) is 114 Å². The Morgan fingerprint density at radius 1 is 1.15 bits per heavy atom. The largest absolute Gasteiger partial charge is 0.456 e. The third kappa shape index (κ3) is 5.45. The second kappa shape index (κ2) is 11.0. The first-order chi connectivity index (χ1) is 16.6. The SMILES string of the molecule is C/C(=N/O)c1cccc(Oc2ccc(Nc3ncnc4ccn(CCOCCO)c34)cc2Cl)c1. The number of oxime groups is 1. The van der Waals surface area contributed by atoms with Crippen LogP contribution < -0.4 is 10.1 Å². The minimum atomic E-state index is -0.00912.